The average Bonchev–Trinajstić information content (AvgIpc) is 2.84. The molecule has 2 saturated heterocycles. The fraction of sp³-hybridized carbons (Fsp3) is 0.750. The van der Waals surface area contributed by atoms with E-state index in [1.807, 2.05) is 13.8 Å². The molecule has 23 heavy (non-hydrogen) atoms. The first-order valence-electron chi connectivity index (χ1n) is 7.86. The van der Waals surface area contributed by atoms with Crippen molar-refractivity contribution >= 4 is 11.7 Å². The van der Waals surface area contributed by atoms with Crippen molar-refractivity contribution in [2.24, 2.45) is 0 Å². The highest BCUT2D eigenvalue weighted by Gasteiger charge is 2.70. The van der Waals surface area contributed by atoms with Crippen molar-refractivity contribution in [3.05, 3.63) is 12.3 Å². The highest BCUT2D eigenvalue weighted by atomic mass is 16.8. The van der Waals surface area contributed by atoms with Crippen molar-refractivity contribution in [2.75, 3.05) is 6.61 Å². The predicted octanol–water partition coefficient (Wildman–Crippen LogP) is 0.709. The third-order valence-electron chi connectivity index (χ3n) is 4.86. The van der Waals surface area contributed by atoms with Gasteiger partial charge in [-0.3, -0.25) is 14.5 Å². The molecule has 3 rings (SSSR count). The van der Waals surface area contributed by atoms with Crippen molar-refractivity contribution < 1.29 is 28.9 Å². The molecule has 0 saturated carbocycles. The number of nitrogens with zero attached hydrogens (tertiary/aromatic N) is 1. The number of rotatable bonds is 3. The summed E-state index contributed by atoms with van der Waals surface area (Å²) in [4.78, 5) is 25.1. The summed E-state index contributed by atoms with van der Waals surface area (Å²) in [5.74, 6) is -1.44. The van der Waals surface area contributed by atoms with E-state index in [2.05, 4.69) is 0 Å². The largest absolute Gasteiger partial charge is 0.393 e. The summed E-state index contributed by atoms with van der Waals surface area (Å²) in [6.45, 7) is 7.06. The molecule has 1 N–H and O–H groups in total. The molecule has 7 nitrogen and oxygen atoms in total. The molecule has 2 fully saturated rings. The Morgan fingerprint density at radius 3 is 2.57 bits per heavy atom. The van der Waals surface area contributed by atoms with Gasteiger partial charge in [-0.2, -0.15) is 0 Å². The van der Waals surface area contributed by atoms with Crippen LogP contribution in [0, 0.1) is 0 Å². The molecule has 0 aromatic carbocycles. The van der Waals surface area contributed by atoms with Crippen LogP contribution in [-0.4, -0.2) is 57.6 Å². The Morgan fingerprint density at radius 1 is 1.30 bits per heavy atom. The lowest BCUT2D eigenvalue weighted by atomic mass is 9.85. The minimum atomic E-state index is -0.956. The number of allylic oxidation sites excluding steroid dienone is 1. The van der Waals surface area contributed by atoms with Crippen molar-refractivity contribution in [1.82, 2.24) is 4.90 Å². The lowest BCUT2D eigenvalue weighted by molar-refractivity contribution is -0.243. The lowest BCUT2D eigenvalue weighted by Crippen LogP contribution is -2.54. The van der Waals surface area contributed by atoms with Crippen LogP contribution >= 0.6 is 0 Å². The van der Waals surface area contributed by atoms with Gasteiger partial charge in [-0.15, -0.1) is 0 Å². The fourth-order valence-electron chi connectivity index (χ4n) is 3.81. The molecule has 128 valence electrons. The van der Waals surface area contributed by atoms with E-state index in [1.165, 1.54) is 17.2 Å². The zero-order chi connectivity index (χ0) is 17.0. The van der Waals surface area contributed by atoms with Crippen LogP contribution in [0.3, 0.4) is 0 Å². The van der Waals surface area contributed by atoms with Gasteiger partial charge < -0.3 is 19.3 Å². The molecule has 0 radical (unpaired) electrons. The maximum absolute atomic E-state index is 12.3. The summed E-state index contributed by atoms with van der Waals surface area (Å²) in [6, 6.07) is 0. The fourth-order valence-corrected chi connectivity index (χ4v) is 3.81. The van der Waals surface area contributed by atoms with Gasteiger partial charge in [0.15, 0.2) is 17.8 Å². The molecule has 0 aromatic heterocycles. The van der Waals surface area contributed by atoms with Crippen molar-refractivity contribution in [1.29, 1.82) is 0 Å². The standard InChI is InChI=1S/C16H23NO6/c1-5-16(9-18)12-15(4,23-14(2,3)21-12)13(22-16)17-7-6-10(19)8-11(17)20/h6-7,12-13,18H,5,8-9H2,1-4H3/t12-,13+,15+,16+/m0/s1. The molecule has 3 aliphatic rings. The van der Waals surface area contributed by atoms with E-state index in [0.29, 0.717) is 6.42 Å². The molecular weight excluding hydrogens is 302 g/mol. The van der Waals surface area contributed by atoms with Gasteiger partial charge in [-0.25, -0.2) is 0 Å². The van der Waals surface area contributed by atoms with Gasteiger partial charge in [0.25, 0.3) is 0 Å². The molecule has 3 heterocycles. The van der Waals surface area contributed by atoms with Crippen LogP contribution in [0.2, 0.25) is 0 Å². The number of ether oxygens (including phenoxy) is 3. The third-order valence-corrected chi connectivity index (χ3v) is 4.86. The number of aliphatic hydroxyl groups is 1. The first-order valence-corrected chi connectivity index (χ1v) is 7.86. The van der Waals surface area contributed by atoms with Gasteiger partial charge in [-0.05, 0) is 33.3 Å². The zero-order valence-electron chi connectivity index (χ0n) is 13.9. The third kappa shape index (κ3) is 2.34. The van der Waals surface area contributed by atoms with Crippen LogP contribution in [0.25, 0.3) is 0 Å². The minimum absolute atomic E-state index is 0.195. The summed E-state index contributed by atoms with van der Waals surface area (Å²) >= 11 is 0. The van der Waals surface area contributed by atoms with Crippen molar-refractivity contribution in [2.45, 2.75) is 69.9 Å². The normalized spacial score (nSPS) is 42.4. The summed E-state index contributed by atoms with van der Waals surface area (Å²) < 4.78 is 18.2. The number of ketones is 1. The molecule has 0 bridgehead atoms. The predicted molar refractivity (Wildman–Crippen MR) is 79.0 cm³/mol. The summed E-state index contributed by atoms with van der Waals surface area (Å²) in [7, 11) is 0. The second-order valence-electron chi connectivity index (χ2n) is 6.99. The average molecular weight is 325 g/mol. The second kappa shape index (κ2) is 5.11. The van der Waals surface area contributed by atoms with E-state index in [9.17, 15) is 14.7 Å². The van der Waals surface area contributed by atoms with Crippen molar-refractivity contribution in [3.8, 4) is 0 Å². The summed E-state index contributed by atoms with van der Waals surface area (Å²) in [5, 5.41) is 9.94. The van der Waals surface area contributed by atoms with Gasteiger partial charge in [0.05, 0.1) is 13.0 Å². The number of carbonyl (C=O) groups excluding carboxylic acids is 2. The number of hydrogen-bond acceptors (Lipinski definition) is 6. The van der Waals surface area contributed by atoms with E-state index < -0.39 is 29.3 Å². The summed E-state index contributed by atoms with van der Waals surface area (Å²) in [6.07, 6.45) is 1.81. The van der Waals surface area contributed by atoms with Gasteiger partial charge in [0, 0.05) is 6.20 Å². The number of fused-ring (bicyclic) bond motifs is 1. The molecule has 0 unspecified atom stereocenters. The van der Waals surface area contributed by atoms with E-state index in [1.54, 1.807) is 13.8 Å². The quantitative estimate of drug-likeness (QED) is 0.769. The van der Waals surface area contributed by atoms with E-state index in [-0.39, 0.29) is 24.7 Å². The Bertz CT molecular complexity index is 567. The Hall–Kier alpha value is -1.28. The smallest absolute Gasteiger partial charge is 0.236 e. The van der Waals surface area contributed by atoms with Crippen LogP contribution in [0.4, 0.5) is 0 Å². The first kappa shape index (κ1) is 16.6. The monoisotopic (exact) mass is 325 g/mol. The Kier molecular flexibility index (Phi) is 3.68. The SMILES string of the molecule is CC[C@]1(CO)O[C@@H](N2C=CC(=O)CC2=O)[C@]2(C)OC(C)(C)O[C@H]12. The van der Waals surface area contributed by atoms with Crippen LogP contribution in [-0.2, 0) is 23.8 Å². The molecule has 1 amide bonds. The number of hydrogen-bond donors (Lipinski definition) is 1. The second-order valence-corrected chi connectivity index (χ2v) is 6.99. The van der Waals surface area contributed by atoms with Crippen molar-refractivity contribution in [3.63, 3.8) is 0 Å². The van der Waals surface area contributed by atoms with E-state index in [0.717, 1.165) is 0 Å². The molecule has 4 atom stereocenters. The van der Waals surface area contributed by atoms with Crippen LogP contribution in [0.5, 0.6) is 0 Å². The molecule has 0 spiro atoms. The van der Waals surface area contributed by atoms with Crippen LogP contribution < -0.4 is 0 Å². The number of aliphatic hydroxyl groups excluding tert-OH is 1. The van der Waals surface area contributed by atoms with Gasteiger partial charge >= 0.3 is 0 Å². The van der Waals surface area contributed by atoms with E-state index in [4.69, 9.17) is 14.2 Å². The van der Waals surface area contributed by atoms with Gasteiger partial charge in [0.1, 0.15) is 17.3 Å². The zero-order valence-corrected chi connectivity index (χ0v) is 13.9. The van der Waals surface area contributed by atoms with E-state index >= 15 is 0 Å². The molecule has 7 heteroatoms. The molecule has 0 aromatic rings. The topological polar surface area (TPSA) is 85.3 Å². The highest BCUT2D eigenvalue weighted by Crippen LogP contribution is 2.53. The maximum atomic E-state index is 12.3. The van der Waals surface area contributed by atoms with Crippen LogP contribution in [0.15, 0.2) is 12.3 Å². The molecule has 3 aliphatic heterocycles. The number of carbonyl (C=O) groups is 2. The minimum Gasteiger partial charge on any atom is -0.393 e. The maximum Gasteiger partial charge on any atom is 0.236 e. The van der Waals surface area contributed by atoms with Gasteiger partial charge in [0.2, 0.25) is 5.91 Å². The molecule has 0 aliphatic carbocycles. The summed E-state index contributed by atoms with van der Waals surface area (Å²) in [5.41, 5.74) is -1.90. The Morgan fingerprint density at radius 2 is 2.00 bits per heavy atom. The Balaban J connectivity index is 2.03. The first-order chi connectivity index (χ1) is 10.7. The highest BCUT2D eigenvalue weighted by molar-refractivity contribution is 6.06. The lowest BCUT2D eigenvalue weighted by Gasteiger charge is -2.37. The number of amides is 1. The molecular formula is C16H23NO6. The van der Waals surface area contributed by atoms with Crippen LogP contribution in [0.1, 0.15) is 40.5 Å². The van der Waals surface area contributed by atoms with Gasteiger partial charge in [-0.1, -0.05) is 6.92 Å². The Labute approximate surface area is 135 Å².